The molecule has 5 N–H and O–H groups in total. The normalized spacial score (nSPS) is 29.2. The van der Waals surface area contributed by atoms with Crippen molar-refractivity contribution >= 4 is 22.9 Å². The minimum atomic E-state index is -5.17. The first-order valence-corrected chi connectivity index (χ1v) is 7.38. The molecule has 26 heavy (non-hydrogen) atoms. The van der Waals surface area contributed by atoms with Crippen LogP contribution in [0.25, 0.3) is 11.2 Å². The Labute approximate surface area is 143 Å². The molecule has 10 nitrogen and oxygen atoms in total. The van der Waals surface area contributed by atoms with Gasteiger partial charge in [-0.3, -0.25) is 9.36 Å². The molecule has 2 aromatic heterocycles. The number of aliphatic hydroxyl groups excluding tert-OH is 2. The second kappa shape index (κ2) is 6.03. The SMILES string of the molecule is C[C@@]1(n2cnc3c(N)ncnc32)O[C@H](CO)[C@@H](O)[C@H]1NC(=O)C(F)(F)F. The van der Waals surface area contributed by atoms with E-state index < -0.39 is 42.7 Å². The van der Waals surface area contributed by atoms with Crippen molar-refractivity contribution in [3.05, 3.63) is 12.7 Å². The van der Waals surface area contributed by atoms with Gasteiger partial charge in [0.1, 0.15) is 30.1 Å². The van der Waals surface area contributed by atoms with Crippen molar-refractivity contribution in [3.8, 4) is 0 Å². The van der Waals surface area contributed by atoms with E-state index in [0.717, 1.165) is 6.33 Å². The first-order chi connectivity index (χ1) is 12.1. The van der Waals surface area contributed by atoms with Gasteiger partial charge in [-0.05, 0) is 6.92 Å². The van der Waals surface area contributed by atoms with Crippen LogP contribution in [0.4, 0.5) is 19.0 Å². The third-order valence-corrected chi connectivity index (χ3v) is 4.25. The van der Waals surface area contributed by atoms with Crippen LogP contribution in [0, 0.1) is 0 Å². The van der Waals surface area contributed by atoms with Gasteiger partial charge in [0, 0.05) is 0 Å². The molecule has 0 bridgehead atoms. The number of nitrogen functional groups attached to an aromatic ring is 1. The lowest BCUT2D eigenvalue weighted by Gasteiger charge is -2.33. The number of nitrogens with zero attached hydrogens (tertiary/aromatic N) is 4. The molecule has 1 aliphatic rings. The van der Waals surface area contributed by atoms with E-state index in [1.54, 1.807) is 5.32 Å². The number of nitrogens with two attached hydrogens (primary N) is 1. The number of fused-ring (bicyclic) bond motifs is 1. The summed E-state index contributed by atoms with van der Waals surface area (Å²) in [4.78, 5) is 23.1. The maximum atomic E-state index is 12.7. The Kier molecular flexibility index (Phi) is 4.24. The molecular formula is C13H15F3N6O4. The van der Waals surface area contributed by atoms with Gasteiger partial charge < -0.3 is 26.0 Å². The van der Waals surface area contributed by atoms with E-state index in [0.29, 0.717) is 0 Å². The fraction of sp³-hybridized carbons (Fsp3) is 0.538. The molecule has 0 radical (unpaired) electrons. The van der Waals surface area contributed by atoms with Crippen LogP contribution in [-0.4, -0.2) is 66.7 Å². The highest BCUT2D eigenvalue weighted by Gasteiger charge is 2.56. The van der Waals surface area contributed by atoms with Gasteiger partial charge in [-0.25, -0.2) is 15.0 Å². The predicted molar refractivity (Wildman–Crippen MR) is 79.3 cm³/mol. The predicted octanol–water partition coefficient (Wildman–Crippen LogP) is -1.12. The van der Waals surface area contributed by atoms with Crippen molar-refractivity contribution < 1.29 is 32.9 Å². The van der Waals surface area contributed by atoms with Gasteiger partial charge in [-0.15, -0.1) is 0 Å². The summed E-state index contributed by atoms with van der Waals surface area (Å²) in [5.41, 5.74) is 4.25. The molecule has 1 saturated heterocycles. The van der Waals surface area contributed by atoms with Gasteiger partial charge >= 0.3 is 12.1 Å². The van der Waals surface area contributed by atoms with Crippen LogP contribution in [-0.2, 0) is 15.3 Å². The van der Waals surface area contributed by atoms with Crippen LogP contribution in [0.5, 0.6) is 0 Å². The van der Waals surface area contributed by atoms with Crippen molar-refractivity contribution in [1.82, 2.24) is 24.8 Å². The minimum absolute atomic E-state index is 0.0329. The summed E-state index contributed by atoms with van der Waals surface area (Å²) in [5, 5.41) is 21.3. The molecule has 0 aliphatic carbocycles. The molecule has 13 heteroatoms. The topological polar surface area (TPSA) is 148 Å². The molecule has 1 amide bonds. The Morgan fingerprint density at radius 2 is 2.15 bits per heavy atom. The maximum absolute atomic E-state index is 12.7. The van der Waals surface area contributed by atoms with Crippen molar-refractivity contribution in [2.75, 3.05) is 12.3 Å². The molecule has 3 heterocycles. The number of aromatic nitrogens is 4. The summed E-state index contributed by atoms with van der Waals surface area (Å²) < 4.78 is 44.8. The molecule has 0 saturated carbocycles. The lowest BCUT2D eigenvalue weighted by Crippen LogP contribution is -2.56. The van der Waals surface area contributed by atoms with E-state index in [1.807, 2.05) is 0 Å². The number of carbonyl (C=O) groups is 1. The average molecular weight is 376 g/mol. The molecule has 1 aliphatic heterocycles. The van der Waals surface area contributed by atoms with Gasteiger partial charge in [0.05, 0.1) is 12.9 Å². The van der Waals surface area contributed by atoms with Crippen LogP contribution in [0.15, 0.2) is 12.7 Å². The standard InChI is InChI=1S/C13H15F3N6O4/c1-12(22-4-20-6-9(17)18-3-19-10(6)22)8(7(24)5(2-23)26-12)21-11(25)13(14,15)16/h3-5,7-8,23-24H,2H2,1H3,(H,21,25)(H2,17,18,19)/t5-,7-,8-,12-/m1/s1. The fourth-order valence-electron chi connectivity index (χ4n) is 2.95. The number of hydrogen-bond donors (Lipinski definition) is 4. The summed E-state index contributed by atoms with van der Waals surface area (Å²) in [6, 6.07) is -1.55. The zero-order valence-corrected chi connectivity index (χ0v) is 13.3. The first-order valence-electron chi connectivity index (χ1n) is 7.38. The van der Waals surface area contributed by atoms with E-state index in [9.17, 15) is 28.2 Å². The number of alkyl halides is 3. The lowest BCUT2D eigenvalue weighted by molar-refractivity contribution is -0.177. The molecule has 3 rings (SSSR count). The number of amides is 1. The molecule has 142 valence electrons. The van der Waals surface area contributed by atoms with Gasteiger partial charge in [0.25, 0.3) is 0 Å². The van der Waals surface area contributed by atoms with Gasteiger partial charge in [0.15, 0.2) is 17.2 Å². The zero-order chi connectivity index (χ0) is 19.3. The van der Waals surface area contributed by atoms with Gasteiger partial charge in [0.2, 0.25) is 0 Å². The van der Waals surface area contributed by atoms with E-state index in [2.05, 4.69) is 15.0 Å². The largest absolute Gasteiger partial charge is 0.471 e. The summed E-state index contributed by atoms with van der Waals surface area (Å²) in [6.07, 6.45) is -5.71. The van der Waals surface area contributed by atoms with E-state index in [4.69, 9.17) is 10.5 Å². The number of halogens is 3. The van der Waals surface area contributed by atoms with Crippen molar-refractivity contribution in [1.29, 1.82) is 0 Å². The Balaban J connectivity index is 2.08. The minimum Gasteiger partial charge on any atom is -0.394 e. The number of ether oxygens (including phenoxy) is 1. The average Bonchev–Trinajstić information content (AvgIpc) is 3.10. The molecule has 2 aromatic rings. The van der Waals surface area contributed by atoms with Crippen LogP contribution >= 0.6 is 0 Å². The van der Waals surface area contributed by atoms with Gasteiger partial charge in [-0.2, -0.15) is 13.2 Å². The quantitative estimate of drug-likeness (QED) is 0.526. The number of aliphatic hydroxyl groups is 2. The Bertz CT molecular complexity index is 843. The summed E-state index contributed by atoms with van der Waals surface area (Å²) >= 11 is 0. The smallest absolute Gasteiger partial charge is 0.394 e. The third kappa shape index (κ3) is 2.73. The van der Waals surface area contributed by atoms with Crippen molar-refractivity contribution in [2.24, 2.45) is 0 Å². The second-order valence-corrected chi connectivity index (χ2v) is 5.88. The monoisotopic (exact) mass is 376 g/mol. The Morgan fingerprint density at radius 3 is 2.77 bits per heavy atom. The second-order valence-electron chi connectivity index (χ2n) is 5.88. The molecule has 4 atom stereocenters. The number of nitrogens with one attached hydrogen (secondary N) is 1. The number of imidazole rings is 1. The molecular weight excluding hydrogens is 361 g/mol. The van der Waals surface area contributed by atoms with Crippen LogP contribution in [0.1, 0.15) is 6.92 Å². The number of anilines is 1. The maximum Gasteiger partial charge on any atom is 0.471 e. The molecule has 0 aromatic carbocycles. The van der Waals surface area contributed by atoms with Crippen LogP contribution in [0.3, 0.4) is 0 Å². The fourth-order valence-corrected chi connectivity index (χ4v) is 2.95. The number of carbonyl (C=O) groups excluding carboxylic acids is 1. The Hall–Kier alpha value is -2.51. The summed E-state index contributed by atoms with van der Waals surface area (Å²) in [6.45, 7) is 0.644. The number of hydrogen-bond acceptors (Lipinski definition) is 8. The Morgan fingerprint density at radius 1 is 1.46 bits per heavy atom. The number of rotatable bonds is 3. The molecule has 0 spiro atoms. The van der Waals surface area contributed by atoms with E-state index >= 15 is 0 Å². The van der Waals surface area contributed by atoms with E-state index in [1.165, 1.54) is 17.8 Å². The molecule has 1 fully saturated rings. The van der Waals surface area contributed by atoms with Crippen LogP contribution in [0.2, 0.25) is 0 Å². The lowest BCUT2D eigenvalue weighted by atomic mass is 10.0. The summed E-state index contributed by atoms with van der Waals surface area (Å²) in [5.74, 6) is -2.22. The third-order valence-electron chi connectivity index (χ3n) is 4.25. The van der Waals surface area contributed by atoms with Crippen molar-refractivity contribution in [3.63, 3.8) is 0 Å². The highest BCUT2D eigenvalue weighted by molar-refractivity contribution is 5.83. The van der Waals surface area contributed by atoms with E-state index in [-0.39, 0.29) is 17.0 Å². The van der Waals surface area contributed by atoms with Crippen LogP contribution < -0.4 is 11.1 Å². The summed E-state index contributed by atoms with van der Waals surface area (Å²) in [7, 11) is 0. The zero-order valence-electron chi connectivity index (χ0n) is 13.3. The van der Waals surface area contributed by atoms with Crippen molar-refractivity contribution in [2.45, 2.75) is 37.1 Å². The van der Waals surface area contributed by atoms with Gasteiger partial charge in [-0.1, -0.05) is 0 Å². The highest BCUT2D eigenvalue weighted by atomic mass is 19.4. The molecule has 0 unspecified atom stereocenters. The first kappa shape index (κ1) is 18.3. The highest BCUT2D eigenvalue weighted by Crippen LogP contribution is 2.37.